The predicted octanol–water partition coefficient (Wildman–Crippen LogP) is 8.54. The van der Waals surface area contributed by atoms with Crippen molar-refractivity contribution in [1.29, 1.82) is 0 Å². The molecule has 27 heteroatoms. The number of Topliss-reactive ketones (excluding diaryl/α,β-unsaturated/α-hetero) is 1. The number of nitrogens with zero attached hydrogens (tertiary/aromatic N) is 7. The lowest BCUT2D eigenvalue weighted by Crippen LogP contribution is -2.54. The molecule has 0 bridgehead atoms. The van der Waals surface area contributed by atoms with E-state index >= 15 is 0 Å². The third kappa shape index (κ3) is 16.4. The van der Waals surface area contributed by atoms with Crippen molar-refractivity contribution in [3.05, 3.63) is 172 Å². The highest BCUT2D eigenvalue weighted by Crippen LogP contribution is 2.57. The molecule has 13 rings (SSSR count). The summed E-state index contributed by atoms with van der Waals surface area (Å²) in [6.45, 7) is 8.60. The predicted molar refractivity (Wildman–Crippen MR) is 402 cm³/mol. The lowest BCUT2D eigenvalue weighted by atomic mass is 9.95. The first-order valence-corrected chi connectivity index (χ1v) is 37.1. The molecule has 1 unspecified atom stereocenters. The maximum atomic E-state index is 14.5. The van der Waals surface area contributed by atoms with Crippen LogP contribution in [0.1, 0.15) is 146 Å². The van der Waals surface area contributed by atoms with Crippen molar-refractivity contribution in [3.8, 4) is 45.5 Å². The third-order valence-electron chi connectivity index (χ3n) is 21.3. The molecule has 27 nitrogen and oxygen atoms in total. The number of carbonyl (C=O) groups excluding carboxylic acids is 9. The standard InChI is InChI=1S/C82H91N11O16/c1-47(2)74(86-72(98)41-84-71(97)40-83-70(96)27-28-73(99)90-42-55-13-8-9-14-58(55)75-76(93(48(3)4)88-87-75)59-15-10-11-16-62(59)90)77(100)85-49(5)65(95)33-50-17-19-52(20-18-50)45-109-81(104)92-63-38-69(67(106-7)37-61(63)79(102)91-46-82(29-30-82)39-64(91)80(92)103)108-32-12-31-107-68-35-54-25-26-57-34-56(53-23-21-51(44-94)22-24-53)43-89(57)78(101)60(54)36-66(68)105-6/h8-11,13-24,35-38,43,47-49,57,64,74,80,94,103H,12,25-34,39-42,44-46H2,1-7H3,(H,83,96)(H,84,97)(H,85,100)(H,86,98)/t49-,57+,64-,74-,80?/m0/s1. The number of ether oxygens (including phenoxy) is 5. The second-order valence-corrected chi connectivity index (χ2v) is 29.4. The Morgan fingerprint density at radius 1 is 0.679 bits per heavy atom. The normalized spacial score (nSPS) is 17.6. The summed E-state index contributed by atoms with van der Waals surface area (Å²) < 4.78 is 31.9. The van der Waals surface area contributed by atoms with Crippen LogP contribution in [0.2, 0.25) is 0 Å². The zero-order valence-electron chi connectivity index (χ0n) is 62.1. The number of hydrogen-bond donors (Lipinski definition) is 6. The van der Waals surface area contributed by atoms with Gasteiger partial charge in [0.2, 0.25) is 29.5 Å². The zero-order valence-corrected chi connectivity index (χ0v) is 62.1. The van der Waals surface area contributed by atoms with Gasteiger partial charge in [-0.1, -0.05) is 110 Å². The minimum Gasteiger partial charge on any atom is -0.493 e. The van der Waals surface area contributed by atoms with Gasteiger partial charge < -0.3 is 69.9 Å². The van der Waals surface area contributed by atoms with Gasteiger partial charge >= 0.3 is 6.09 Å². The maximum absolute atomic E-state index is 14.5. The number of aryl methyl sites for hydroxylation is 1. The van der Waals surface area contributed by atoms with Gasteiger partial charge in [0, 0.05) is 73.3 Å². The van der Waals surface area contributed by atoms with E-state index in [9.17, 15) is 53.4 Å². The Balaban J connectivity index is 0.569. The van der Waals surface area contributed by atoms with E-state index < -0.39 is 73.1 Å². The van der Waals surface area contributed by atoms with E-state index in [-0.39, 0.29) is 116 Å². The third-order valence-corrected chi connectivity index (χ3v) is 21.3. The number of aromatic nitrogens is 3. The molecule has 6 N–H and O–H groups in total. The topological polar surface area (TPSA) is 332 Å². The number of aliphatic hydroxyl groups is 2. The smallest absolute Gasteiger partial charge is 0.416 e. The molecule has 570 valence electrons. The molecule has 0 radical (unpaired) electrons. The first kappa shape index (κ1) is 75.8. The van der Waals surface area contributed by atoms with Crippen molar-refractivity contribution >= 4 is 70.2 Å². The Kier molecular flexibility index (Phi) is 22.6. The Labute approximate surface area is 631 Å². The van der Waals surface area contributed by atoms with Crippen molar-refractivity contribution in [1.82, 2.24) is 46.1 Å². The molecule has 1 aromatic heterocycles. The number of ketones is 1. The number of hydrogen-bond acceptors (Lipinski definition) is 18. The number of rotatable bonds is 27. The van der Waals surface area contributed by atoms with Crippen LogP contribution in [0.25, 0.3) is 28.1 Å². The fourth-order valence-electron chi connectivity index (χ4n) is 15.0. The summed E-state index contributed by atoms with van der Waals surface area (Å²) >= 11 is 0. The van der Waals surface area contributed by atoms with Gasteiger partial charge in [-0.2, -0.15) is 0 Å². The van der Waals surface area contributed by atoms with Crippen molar-refractivity contribution in [3.63, 3.8) is 0 Å². The van der Waals surface area contributed by atoms with Gasteiger partial charge in [0.1, 0.15) is 18.3 Å². The molecule has 109 heavy (non-hydrogen) atoms. The summed E-state index contributed by atoms with van der Waals surface area (Å²) in [6.07, 6.45) is 3.77. The molecule has 2 fully saturated rings. The summed E-state index contributed by atoms with van der Waals surface area (Å²) in [5, 5.41) is 41.1. The molecule has 1 spiro atoms. The van der Waals surface area contributed by atoms with Crippen LogP contribution >= 0.6 is 0 Å². The number of fused-ring (bicyclic) bond motifs is 9. The number of anilines is 2. The monoisotopic (exact) mass is 1490 g/mol. The van der Waals surface area contributed by atoms with E-state index in [1.807, 2.05) is 108 Å². The van der Waals surface area contributed by atoms with Gasteiger partial charge in [0.15, 0.2) is 35.0 Å². The van der Waals surface area contributed by atoms with Gasteiger partial charge in [0.05, 0.1) is 88.4 Å². The van der Waals surface area contributed by atoms with E-state index in [0.717, 1.165) is 68.8 Å². The highest BCUT2D eigenvalue weighted by atomic mass is 16.6. The Morgan fingerprint density at radius 3 is 2.04 bits per heavy atom. The number of methoxy groups -OCH3 is 2. The summed E-state index contributed by atoms with van der Waals surface area (Å²) in [4.78, 5) is 130. The Bertz CT molecular complexity index is 4700. The van der Waals surface area contributed by atoms with Gasteiger partial charge in [0.25, 0.3) is 11.8 Å². The SMILES string of the molecule is COc1cc2c(cc1OCCCOc1cc3c(cc1OC)C(=O)N1CC4(CC4)C[C@H]1C(O)N3C(=O)OCc1ccc(CC(=O)[C@H](C)NC(=O)[C@@H](NC(=O)CNC(=O)CNC(=O)CCC(=O)N3Cc4ccccc4-c4nnn(C(C)C)c4-c4ccccc43)C(C)C)cc1)CC[C@@H]1CC(c3ccc(CO)cc3)=CN1C2=O. The molecule has 1 aliphatic carbocycles. The summed E-state index contributed by atoms with van der Waals surface area (Å²) in [7, 11) is 2.97. The van der Waals surface area contributed by atoms with Crippen molar-refractivity contribution in [2.45, 2.75) is 155 Å². The van der Waals surface area contributed by atoms with Crippen LogP contribution in [0.5, 0.6) is 23.0 Å². The van der Waals surface area contributed by atoms with Crippen LogP contribution in [-0.4, -0.2) is 166 Å². The van der Waals surface area contributed by atoms with Crippen molar-refractivity contribution in [2.24, 2.45) is 11.3 Å². The Hall–Kier alpha value is -11.5. The fourth-order valence-corrected chi connectivity index (χ4v) is 15.0. The minimum absolute atomic E-state index is 0.0146. The number of para-hydroxylation sites is 1. The highest BCUT2D eigenvalue weighted by molar-refractivity contribution is 6.07. The largest absolute Gasteiger partial charge is 0.493 e. The molecule has 8 amide bonds. The minimum atomic E-state index is -1.49. The van der Waals surface area contributed by atoms with E-state index in [4.69, 9.17) is 23.7 Å². The highest BCUT2D eigenvalue weighted by Gasteiger charge is 2.58. The molecule has 1 saturated carbocycles. The molecule has 5 aliphatic heterocycles. The molecule has 6 heterocycles. The van der Waals surface area contributed by atoms with Gasteiger partial charge in [-0.3, -0.25) is 38.4 Å². The second kappa shape index (κ2) is 32.6. The lowest BCUT2D eigenvalue weighted by molar-refractivity contribution is -0.132. The fraction of sp³-hybridized carbons (Fsp3) is 0.402. The van der Waals surface area contributed by atoms with E-state index in [0.29, 0.717) is 71.8 Å². The average molecular weight is 1490 g/mol. The summed E-state index contributed by atoms with van der Waals surface area (Å²) in [5.41, 5.74) is 10.1. The van der Waals surface area contributed by atoms with E-state index in [1.54, 1.807) is 54.0 Å². The number of amides is 8. The van der Waals surface area contributed by atoms with Gasteiger partial charge in [-0.25, -0.2) is 14.4 Å². The molecule has 7 aromatic rings. The van der Waals surface area contributed by atoms with Crippen LogP contribution in [0.3, 0.4) is 0 Å². The quantitative estimate of drug-likeness (QED) is 0.0263. The number of nitrogens with one attached hydrogen (secondary N) is 4. The number of carbonyl (C=O) groups is 9. The van der Waals surface area contributed by atoms with E-state index in [1.165, 1.54) is 33.3 Å². The van der Waals surface area contributed by atoms with Crippen molar-refractivity contribution in [2.75, 3.05) is 56.9 Å². The van der Waals surface area contributed by atoms with Crippen LogP contribution in [0.15, 0.2) is 128 Å². The molecule has 1 saturated heterocycles. The van der Waals surface area contributed by atoms with Crippen LogP contribution in [0, 0.1) is 11.3 Å². The molecule has 6 aliphatic rings. The average Bonchev–Trinajstić information content (AvgIpc) is 1.60. The van der Waals surface area contributed by atoms with Crippen LogP contribution < -0.4 is 50.0 Å². The first-order chi connectivity index (χ1) is 52.5. The molecular weight excluding hydrogens is 1390 g/mol. The molecular formula is C82H91N11O16. The van der Waals surface area contributed by atoms with Crippen LogP contribution in [-0.2, 0) is 66.1 Å². The molecule has 6 aromatic carbocycles. The second-order valence-electron chi connectivity index (χ2n) is 29.4. The molecule has 5 atom stereocenters. The summed E-state index contributed by atoms with van der Waals surface area (Å²) in [5.74, 6) is -2.83. The van der Waals surface area contributed by atoms with Gasteiger partial charge in [-0.05, 0) is 134 Å². The lowest BCUT2D eigenvalue weighted by Gasteiger charge is -2.31. The van der Waals surface area contributed by atoms with Crippen LogP contribution in [0.4, 0.5) is 16.2 Å². The van der Waals surface area contributed by atoms with E-state index in [2.05, 4.69) is 31.6 Å². The zero-order chi connectivity index (χ0) is 76.9. The first-order valence-electron chi connectivity index (χ1n) is 37.1. The van der Waals surface area contributed by atoms with Crippen molar-refractivity contribution < 1.29 is 77.0 Å². The number of aliphatic hydroxyl groups excluding tert-OH is 2. The Morgan fingerprint density at radius 2 is 1.34 bits per heavy atom. The summed E-state index contributed by atoms with van der Waals surface area (Å²) in [6, 6.07) is 33.4. The van der Waals surface area contributed by atoms with Gasteiger partial charge in [-0.15, -0.1) is 5.10 Å². The maximum Gasteiger partial charge on any atom is 0.416 e. The number of benzene rings is 6.